The minimum Gasteiger partial charge on any atom is -0.298 e. The van der Waals surface area contributed by atoms with Crippen LogP contribution in [0.4, 0.5) is 0 Å². The summed E-state index contributed by atoms with van der Waals surface area (Å²) in [7, 11) is 0. The molecule has 0 unspecified atom stereocenters. The fraction of sp³-hybridized carbons (Fsp3) is 0.333. The topological polar surface area (TPSA) is 30.0 Å². The molecule has 0 bridgehead atoms. The number of aryl methyl sites for hydroxylation is 3. The highest BCUT2D eigenvalue weighted by molar-refractivity contribution is 6.00. The summed E-state index contributed by atoms with van der Waals surface area (Å²) in [5.41, 5.74) is 6.52. The third kappa shape index (κ3) is 1.47. The lowest BCUT2D eigenvalue weighted by atomic mass is 9.97. The quantitative estimate of drug-likeness (QED) is 0.698. The summed E-state index contributed by atoms with van der Waals surface area (Å²) in [6, 6.07) is 4.20. The van der Waals surface area contributed by atoms with Gasteiger partial charge in [-0.05, 0) is 55.9 Å². The van der Waals surface area contributed by atoms with E-state index in [9.17, 15) is 4.79 Å². The van der Waals surface area contributed by atoms with Crippen LogP contribution in [0, 0.1) is 13.8 Å². The number of rotatable bonds is 1. The number of carbonyl (C=O) groups excluding carboxylic acids is 1. The highest BCUT2D eigenvalue weighted by atomic mass is 16.1. The maximum atomic E-state index is 11.4. The average molecular weight is 225 g/mol. The zero-order chi connectivity index (χ0) is 12.0. The van der Waals surface area contributed by atoms with Crippen LogP contribution in [-0.4, -0.2) is 11.3 Å². The molecule has 0 aliphatic heterocycles. The zero-order valence-corrected chi connectivity index (χ0v) is 10.2. The predicted molar refractivity (Wildman–Crippen MR) is 68.6 cm³/mol. The average Bonchev–Trinajstić information content (AvgIpc) is 2.73. The Balaban J connectivity index is 2.49. The van der Waals surface area contributed by atoms with Crippen LogP contribution in [0.2, 0.25) is 0 Å². The molecule has 0 saturated heterocycles. The fourth-order valence-corrected chi connectivity index (χ4v) is 2.95. The lowest BCUT2D eigenvalue weighted by Crippen LogP contribution is -1.99. The first-order valence-electron chi connectivity index (χ1n) is 6.08. The van der Waals surface area contributed by atoms with Gasteiger partial charge in [-0.15, -0.1) is 0 Å². The number of pyridine rings is 1. The molecule has 2 nitrogen and oxygen atoms in total. The van der Waals surface area contributed by atoms with E-state index in [0.717, 1.165) is 53.3 Å². The van der Waals surface area contributed by atoms with E-state index in [1.807, 2.05) is 0 Å². The van der Waals surface area contributed by atoms with Crippen molar-refractivity contribution in [1.29, 1.82) is 0 Å². The van der Waals surface area contributed by atoms with Crippen LogP contribution >= 0.6 is 0 Å². The molecule has 0 spiro atoms. The number of hydrogen-bond donors (Lipinski definition) is 0. The monoisotopic (exact) mass is 225 g/mol. The second kappa shape index (κ2) is 3.66. The maximum absolute atomic E-state index is 11.4. The first-order chi connectivity index (χ1) is 8.20. The van der Waals surface area contributed by atoms with Crippen molar-refractivity contribution >= 4 is 17.2 Å². The summed E-state index contributed by atoms with van der Waals surface area (Å²) < 4.78 is 0. The van der Waals surface area contributed by atoms with Gasteiger partial charge < -0.3 is 0 Å². The number of fused-ring (bicyclic) bond motifs is 2. The van der Waals surface area contributed by atoms with E-state index < -0.39 is 0 Å². The molecule has 1 heterocycles. The number of hydrogen-bond acceptors (Lipinski definition) is 2. The molecule has 2 aromatic rings. The zero-order valence-electron chi connectivity index (χ0n) is 10.2. The second-order valence-corrected chi connectivity index (χ2v) is 4.90. The van der Waals surface area contributed by atoms with Crippen molar-refractivity contribution in [3.63, 3.8) is 0 Å². The molecule has 0 atom stereocenters. The van der Waals surface area contributed by atoms with Gasteiger partial charge in [0.15, 0.2) is 6.29 Å². The van der Waals surface area contributed by atoms with Crippen molar-refractivity contribution in [2.75, 3.05) is 0 Å². The van der Waals surface area contributed by atoms with Crippen molar-refractivity contribution in [2.24, 2.45) is 0 Å². The molecular formula is C15H15NO. The Morgan fingerprint density at radius 1 is 1.24 bits per heavy atom. The molecule has 3 rings (SSSR count). The van der Waals surface area contributed by atoms with E-state index in [4.69, 9.17) is 4.98 Å². The molecule has 0 amide bonds. The van der Waals surface area contributed by atoms with E-state index in [1.54, 1.807) is 0 Å². The summed E-state index contributed by atoms with van der Waals surface area (Å²) in [5.74, 6) is 0. The predicted octanol–water partition coefficient (Wildman–Crippen LogP) is 3.15. The van der Waals surface area contributed by atoms with Gasteiger partial charge in [0.2, 0.25) is 0 Å². The Labute approximate surface area is 101 Å². The third-order valence-corrected chi connectivity index (χ3v) is 3.62. The van der Waals surface area contributed by atoms with Crippen molar-refractivity contribution in [3.8, 4) is 0 Å². The van der Waals surface area contributed by atoms with Gasteiger partial charge in [0, 0.05) is 16.6 Å². The molecule has 1 aliphatic carbocycles. The van der Waals surface area contributed by atoms with Crippen molar-refractivity contribution in [2.45, 2.75) is 33.1 Å². The molecule has 2 heteroatoms. The summed E-state index contributed by atoms with van der Waals surface area (Å²) in [6.45, 7) is 4.13. The van der Waals surface area contributed by atoms with Crippen LogP contribution in [0.25, 0.3) is 10.9 Å². The molecule has 0 saturated carbocycles. The lowest BCUT2D eigenvalue weighted by molar-refractivity contribution is 0.112. The molecule has 1 aromatic carbocycles. The highest BCUT2D eigenvalue weighted by Gasteiger charge is 2.20. The summed E-state index contributed by atoms with van der Waals surface area (Å²) in [4.78, 5) is 16.1. The van der Waals surface area contributed by atoms with Gasteiger partial charge in [-0.1, -0.05) is 6.07 Å². The van der Waals surface area contributed by atoms with Crippen LogP contribution in [-0.2, 0) is 12.8 Å². The van der Waals surface area contributed by atoms with Gasteiger partial charge in [-0.2, -0.15) is 0 Å². The minimum atomic E-state index is 0.875. The van der Waals surface area contributed by atoms with E-state index in [0.29, 0.717) is 0 Å². The smallest absolute Gasteiger partial charge is 0.151 e. The van der Waals surface area contributed by atoms with Gasteiger partial charge in [0.1, 0.15) is 0 Å². The Kier molecular flexibility index (Phi) is 2.25. The molecule has 1 aromatic heterocycles. The van der Waals surface area contributed by atoms with Crippen molar-refractivity contribution in [3.05, 3.63) is 40.1 Å². The molecule has 1 aliphatic rings. The van der Waals surface area contributed by atoms with Crippen molar-refractivity contribution in [1.82, 2.24) is 4.98 Å². The summed E-state index contributed by atoms with van der Waals surface area (Å²) in [6.07, 6.45) is 4.15. The van der Waals surface area contributed by atoms with Gasteiger partial charge in [-0.3, -0.25) is 9.78 Å². The first-order valence-corrected chi connectivity index (χ1v) is 6.08. The minimum absolute atomic E-state index is 0.875. The number of benzene rings is 1. The molecule has 0 radical (unpaired) electrons. The van der Waals surface area contributed by atoms with Crippen molar-refractivity contribution < 1.29 is 4.79 Å². The summed E-state index contributed by atoms with van der Waals surface area (Å²) >= 11 is 0. The third-order valence-electron chi connectivity index (χ3n) is 3.62. The molecule has 0 N–H and O–H groups in total. The Morgan fingerprint density at radius 2 is 2.06 bits per heavy atom. The van der Waals surface area contributed by atoms with Gasteiger partial charge in [0.25, 0.3) is 0 Å². The standard InChI is InChI=1S/C15H15NO/c1-9-6-10(2)15-12(8-17)11-4-3-5-13(11)16-14(15)7-9/h6-8H,3-5H2,1-2H3. The largest absolute Gasteiger partial charge is 0.298 e. The number of carbonyl (C=O) groups is 1. The van der Waals surface area contributed by atoms with Crippen LogP contribution in [0.5, 0.6) is 0 Å². The SMILES string of the molecule is Cc1cc(C)c2c(C=O)c3c(nc2c1)CCC3. The Hall–Kier alpha value is -1.70. The van der Waals surface area contributed by atoms with Gasteiger partial charge >= 0.3 is 0 Å². The second-order valence-electron chi connectivity index (χ2n) is 4.90. The molecule has 17 heavy (non-hydrogen) atoms. The van der Waals surface area contributed by atoms with Gasteiger partial charge in [-0.25, -0.2) is 0 Å². The van der Waals surface area contributed by atoms with E-state index in [-0.39, 0.29) is 0 Å². The number of aldehydes is 1. The first kappa shape index (κ1) is 10.5. The Bertz CT molecular complexity index is 629. The maximum Gasteiger partial charge on any atom is 0.151 e. The highest BCUT2D eigenvalue weighted by Crippen LogP contribution is 2.31. The van der Waals surface area contributed by atoms with Crippen LogP contribution in [0.15, 0.2) is 12.1 Å². The van der Waals surface area contributed by atoms with E-state index in [2.05, 4.69) is 26.0 Å². The van der Waals surface area contributed by atoms with E-state index in [1.165, 1.54) is 11.1 Å². The van der Waals surface area contributed by atoms with Crippen LogP contribution in [0.1, 0.15) is 39.2 Å². The van der Waals surface area contributed by atoms with Crippen LogP contribution in [0.3, 0.4) is 0 Å². The van der Waals surface area contributed by atoms with Gasteiger partial charge in [0.05, 0.1) is 5.52 Å². The van der Waals surface area contributed by atoms with Crippen LogP contribution < -0.4 is 0 Å². The number of aromatic nitrogens is 1. The molecule has 0 fully saturated rings. The fourth-order valence-electron chi connectivity index (χ4n) is 2.95. The summed E-state index contributed by atoms with van der Waals surface area (Å²) in [5, 5.41) is 1.05. The lowest BCUT2D eigenvalue weighted by Gasteiger charge is -2.10. The Morgan fingerprint density at radius 3 is 2.82 bits per heavy atom. The van der Waals surface area contributed by atoms with E-state index >= 15 is 0 Å². The molecular weight excluding hydrogens is 210 g/mol. The molecule has 86 valence electrons. The number of nitrogens with zero attached hydrogens (tertiary/aromatic N) is 1. The normalized spacial score (nSPS) is 14.0.